The summed E-state index contributed by atoms with van der Waals surface area (Å²) in [5, 5.41) is 0. The second-order valence-electron chi connectivity index (χ2n) is 8.12. The van der Waals surface area contributed by atoms with E-state index in [-0.39, 0.29) is 28.9 Å². The Morgan fingerprint density at radius 3 is 2.23 bits per heavy atom. The SMILES string of the molecule is C[C@@H]1CN(c2cc(F)c(-c3cnc(N4CCOCC4)nc3)c(F)c2N)C[C@H](C)N1C. The van der Waals surface area contributed by atoms with Crippen LogP contribution in [0.5, 0.6) is 0 Å². The summed E-state index contributed by atoms with van der Waals surface area (Å²) < 4.78 is 35.6. The predicted molar refractivity (Wildman–Crippen MR) is 114 cm³/mol. The first-order valence-electron chi connectivity index (χ1n) is 10.3. The van der Waals surface area contributed by atoms with Crippen LogP contribution in [0, 0.1) is 11.6 Å². The summed E-state index contributed by atoms with van der Waals surface area (Å²) in [5.41, 5.74) is 6.55. The van der Waals surface area contributed by atoms with Gasteiger partial charge in [0.15, 0.2) is 5.82 Å². The zero-order valence-corrected chi connectivity index (χ0v) is 17.6. The highest BCUT2D eigenvalue weighted by atomic mass is 19.1. The van der Waals surface area contributed by atoms with Crippen molar-refractivity contribution in [3.8, 4) is 11.1 Å². The van der Waals surface area contributed by atoms with Crippen LogP contribution in [0.1, 0.15) is 13.8 Å². The molecule has 2 saturated heterocycles. The standard InChI is InChI=1S/C21H28F2N6O/c1-13-11-29(12-14(2)27(13)3)17-8-16(22)18(19(23)20(17)24)15-9-25-21(26-10-15)28-4-6-30-7-5-28/h8-10,13-14H,4-7,11-12,24H2,1-3H3/t13-,14+. The molecule has 0 amide bonds. The first-order chi connectivity index (χ1) is 14.4. The largest absolute Gasteiger partial charge is 0.395 e. The minimum absolute atomic E-state index is 0.0485. The van der Waals surface area contributed by atoms with Crippen LogP contribution in [-0.2, 0) is 4.74 Å². The lowest BCUT2D eigenvalue weighted by atomic mass is 10.0. The van der Waals surface area contributed by atoms with E-state index in [0.29, 0.717) is 51.0 Å². The average molecular weight is 418 g/mol. The Morgan fingerprint density at radius 2 is 1.63 bits per heavy atom. The third kappa shape index (κ3) is 3.79. The van der Waals surface area contributed by atoms with E-state index in [4.69, 9.17) is 10.5 Å². The average Bonchev–Trinajstić information content (AvgIpc) is 2.75. The minimum Gasteiger partial charge on any atom is -0.395 e. The van der Waals surface area contributed by atoms with Crippen LogP contribution in [-0.4, -0.2) is 73.4 Å². The van der Waals surface area contributed by atoms with Crippen LogP contribution < -0.4 is 15.5 Å². The topological polar surface area (TPSA) is 70.8 Å². The Morgan fingerprint density at radius 1 is 1.03 bits per heavy atom. The van der Waals surface area contributed by atoms with Gasteiger partial charge in [-0.2, -0.15) is 0 Å². The molecule has 7 nitrogen and oxygen atoms in total. The van der Waals surface area contributed by atoms with E-state index >= 15 is 8.78 Å². The van der Waals surface area contributed by atoms with Gasteiger partial charge in [-0.15, -0.1) is 0 Å². The Balaban J connectivity index is 1.63. The van der Waals surface area contributed by atoms with Crippen molar-refractivity contribution in [1.29, 1.82) is 0 Å². The van der Waals surface area contributed by atoms with Gasteiger partial charge in [0.2, 0.25) is 5.95 Å². The summed E-state index contributed by atoms with van der Waals surface area (Å²) in [6.07, 6.45) is 2.89. The number of hydrogen-bond donors (Lipinski definition) is 1. The predicted octanol–water partition coefficient (Wildman–Crippen LogP) is 2.37. The number of aromatic nitrogens is 2. The van der Waals surface area contributed by atoms with Gasteiger partial charge in [0.05, 0.1) is 30.2 Å². The maximum Gasteiger partial charge on any atom is 0.225 e. The van der Waals surface area contributed by atoms with Crippen molar-refractivity contribution < 1.29 is 13.5 Å². The first-order valence-corrected chi connectivity index (χ1v) is 10.3. The van der Waals surface area contributed by atoms with Gasteiger partial charge in [0, 0.05) is 62.3 Å². The number of nitrogens with zero attached hydrogens (tertiary/aromatic N) is 5. The molecule has 2 fully saturated rings. The summed E-state index contributed by atoms with van der Waals surface area (Å²) in [6.45, 7) is 8.07. The zero-order chi connectivity index (χ0) is 21.4. The lowest BCUT2D eigenvalue weighted by Crippen LogP contribution is -2.55. The number of piperazine rings is 1. The van der Waals surface area contributed by atoms with Crippen LogP contribution in [0.3, 0.4) is 0 Å². The maximum absolute atomic E-state index is 15.2. The zero-order valence-electron chi connectivity index (χ0n) is 17.6. The van der Waals surface area contributed by atoms with Crippen LogP contribution in [0.4, 0.5) is 26.1 Å². The lowest BCUT2D eigenvalue weighted by molar-refractivity contribution is 0.122. The Kier molecular flexibility index (Phi) is 5.75. The van der Waals surface area contributed by atoms with Gasteiger partial charge in [-0.05, 0) is 20.9 Å². The molecule has 2 aliphatic rings. The number of nitrogen functional groups attached to an aromatic ring is 1. The van der Waals surface area contributed by atoms with Crippen LogP contribution in [0.2, 0.25) is 0 Å². The van der Waals surface area contributed by atoms with Gasteiger partial charge in [-0.25, -0.2) is 18.7 Å². The molecule has 2 N–H and O–H groups in total. The number of likely N-dealkylation sites (N-methyl/N-ethyl adjacent to an activating group) is 1. The van der Waals surface area contributed by atoms with E-state index in [1.165, 1.54) is 18.5 Å². The second kappa shape index (κ2) is 8.31. The lowest BCUT2D eigenvalue weighted by Gasteiger charge is -2.43. The molecule has 2 aliphatic heterocycles. The van der Waals surface area contributed by atoms with Crippen molar-refractivity contribution >= 4 is 17.3 Å². The quantitative estimate of drug-likeness (QED) is 0.768. The fourth-order valence-electron chi connectivity index (χ4n) is 4.13. The van der Waals surface area contributed by atoms with Gasteiger partial charge in [-0.3, -0.25) is 4.90 Å². The highest BCUT2D eigenvalue weighted by molar-refractivity contribution is 5.78. The Labute approximate surface area is 175 Å². The van der Waals surface area contributed by atoms with Crippen LogP contribution in [0.25, 0.3) is 11.1 Å². The molecule has 0 unspecified atom stereocenters. The second-order valence-corrected chi connectivity index (χ2v) is 8.12. The van der Waals surface area contributed by atoms with E-state index in [0.717, 1.165) is 0 Å². The molecule has 0 saturated carbocycles. The van der Waals surface area contributed by atoms with E-state index < -0.39 is 11.6 Å². The van der Waals surface area contributed by atoms with E-state index in [1.807, 2.05) is 9.80 Å². The van der Waals surface area contributed by atoms with E-state index in [1.54, 1.807) is 0 Å². The molecule has 4 rings (SSSR count). The molecule has 30 heavy (non-hydrogen) atoms. The highest BCUT2D eigenvalue weighted by Crippen LogP contribution is 2.37. The molecular formula is C21H28F2N6O. The molecule has 0 spiro atoms. The summed E-state index contributed by atoms with van der Waals surface area (Å²) in [6, 6.07) is 1.83. The molecule has 162 valence electrons. The third-order valence-electron chi connectivity index (χ3n) is 6.16. The van der Waals surface area contributed by atoms with Crippen molar-refractivity contribution in [2.75, 3.05) is 62.0 Å². The summed E-state index contributed by atoms with van der Waals surface area (Å²) in [5.74, 6) is -0.918. The minimum atomic E-state index is -0.771. The number of rotatable bonds is 3. The number of morpholine rings is 1. The fourth-order valence-corrected chi connectivity index (χ4v) is 4.13. The summed E-state index contributed by atoms with van der Waals surface area (Å²) in [7, 11) is 2.06. The highest BCUT2D eigenvalue weighted by Gasteiger charge is 2.30. The molecule has 0 aliphatic carbocycles. The van der Waals surface area contributed by atoms with Crippen molar-refractivity contribution in [2.24, 2.45) is 0 Å². The van der Waals surface area contributed by atoms with Crippen molar-refractivity contribution in [2.45, 2.75) is 25.9 Å². The van der Waals surface area contributed by atoms with Crippen molar-refractivity contribution in [1.82, 2.24) is 14.9 Å². The molecule has 3 heterocycles. The number of anilines is 3. The fraction of sp³-hybridized carbons (Fsp3) is 0.524. The molecule has 0 bridgehead atoms. The normalized spacial score (nSPS) is 23.1. The Hall–Kier alpha value is -2.52. The molecule has 0 radical (unpaired) electrons. The van der Waals surface area contributed by atoms with Crippen molar-refractivity contribution in [3.05, 3.63) is 30.1 Å². The van der Waals surface area contributed by atoms with Gasteiger partial charge in [0.25, 0.3) is 0 Å². The van der Waals surface area contributed by atoms with Gasteiger partial charge >= 0.3 is 0 Å². The monoisotopic (exact) mass is 418 g/mol. The molecule has 1 aromatic heterocycles. The van der Waals surface area contributed by atoms with Crippen LogP contribution in [0.15, 0.2) is 18.5 Å². The van der Waals surface area contributed by atoms with Gasteiger partial charge in [-0.1, -0.05) is 0 Å². The molecular weight excluding hydrogens is 390 g/mol. The number of benzene rings is 1. The number of ether oxygens (including phenoxy) is 1. The van der Waals surface area contributed by atoms with Gasteiger partial charge < -0.3 is 20.3 Å². The van der Waals surface area contributed by atoms with Crippen LogP contribution >= 0.6 is 0 Å². The Bertz CT molecular complexity index is 891. The smallest absolute Gasteiger partial charge is 0.225 e. The number of nitrogens with two attached hydrogens (primary N) is 1. The molecule has 2 aromatic rings. The summed E-state index contributed by atoms with van der Waals surface area (Å²) >= 11 is 0. The van der Waals surface area contributed by atoms with E-state index in [2.05, 4.69) is 35.8 Å². The third-order valence-corrected chi connectivity index (χ3v) is 6.16. The van der Waals surface area contributed by atoms with E-state index in [9.17, 15) is 0 Å². The molecule has 1 aromatic carbocycles. The maximum atomic E-state index is 15.2. The number of hydrogen-bond acceptors (Lipinski definition) is 7. The molecule has 9 heteroatoms. The first kappa shape index (κ1) is 20.7. The summed E-state index contributed by atoms with van der Waals surface area (Å²) in [4.78, 5) is 14.8. The number of halogens is 2. The van der Waals surface area contributed by atoms with Gasteiger partial charge in [0.1, 0.15) is 5.82 Å². The van der Waals surface area contributed by atoms with Crippen molar-refractivity contribution in [3.63, 3.8) is 0 Å². The molecule has 2 atom stereocenters.